The van der Waals surface area contributed by atoms with Gasteiger partial charge in [0, 0.05) is 18.0 Å². The molecule has 0 spiro atoms. The number of aromatic nitrogens is 2. The Labute approximate surface area is 107 Å². The molecule has 94 valence electrons. The fourth-order valence-electron chi connectivity index (χ4n) is 2.51. The van der Waals surface area contributed by atoms with E-state index in [1.54, 1.807) is 6.33 Å². The van der Waals surface area contributed by atoms with Gasteiger partial charge in [0.2, 0.25) is 0 Å². The number of nitrogens with one attached hydrogen (secondary N) is 2. The molecule has 4 heteroatoms. The van der Waals surface area contributed by atoms with Gasteiger partial charge in [-0.05, 0) is 37.9 Å². The van der Waals surface area contributed by atoms with Crippen molar-refractivity contribution in [2.75, 3.05) is 18.4 Å². The van der Waals surface area contributed by atoms with E-state index in [0.717, 1.165) is 29.7 Å². The summed E-state index contributed by atoms with van der Waals surface area (Å²) in [6, 6.07) is 8.77. The van der Waals surface area contributed by atoms with Crippen LogP contribution in [0.1, 0.15) is 19.3 Å². The number of para-hydroxylation sites is 1. The van der Waals surface area contributed by atoms with E-state index < -0.39 is 0 Å². The van der Waals surface area contributed by atoms with Crippen molar-refractivity contribution < 1.29 is 0 Å². The number of nitrogens with zero attached hydrogens (tertiary/aromatic N) is 2. The highest BCUT2D eigenvalue weighted by Gasteiger charge is 2.13. The molecular formula is C14H18N4. The first-order chi connectivity index (χ1) is 8.93. The van der Waals surface area contributed by atoms with Crippen LogP contribution < -0.4 is 10.6 Å². The van der Waals surface area contributed by atoms with E-state index in [2.05, 4.69) is 26.7 Å². The van der Waals surface area contributed by atoms with Crippen LogP contribution in [0, 0.1) is 0 Å². The molecule has 2 heterocycles. The second-order valence-corrected chi connectivity index (χ2v) is 4.75. The summed E-state index contributed by atoms with van der Waals surface area (Å²) in [7, 11) is 0. The van der Waals surface area contributed by atoms with Crippen molar-refractivity contribution in [1.82, 2.24) is 15.3 Å². The molecule has 1 aromatic carbocycles. The third-order valence-corrected chi connectivity index (χ3v) is 3.49. The van der Waals surface area contributed by atoms with Crippen LogP contribution >= 0.6 is 0 Å². The van der Waals surface area contributed by atoms with Gasteiger partial charge in [0.25, 0.3) is 0 Å². The van der Waals surface area contributed by atoms with Crippen molar-refractivity contribution in [1.29, 1.82) is 0 Å². The number of anilines is 1. The number of hydrogen-bond donors (Lipinski definition) is 2. The molecule has 0 bridgehead atoms. The van der Waals surface area contributed by atoms with E-state index in [1.807, 2.05) is 18.2 Å². The van der Waals surface area contributed by atoms with Crippen LogP contribution in [0.3, 0.4) is 0 Å². The third-order valence-electron chi connectivity index (χ3n) is 3.49. The van der Waals surface area contributed by atoms with Gasteiger partial charge in [0.1, 0.15) is 12.1 Å². The number of rotatable bonds is 4. The Balaban J connectivity index is 1.66. The van der Waals surface area contributed by atoms with E-state index in [-0.39, 0.29) is 0 Å². The molecule has 1 aromatic heterocycles. The monoisotopic (exact) mass is 242 g/mol. The van der Waals surface area contributed by atoms with Gasteiger partial charge in [0.05, 0.1) is 5.52 Å². The first-order valence-corrected chi connectivity index (χ1v) is 6.60. The summed E-state index contributed by atoms with van der Waals surface area (Å²) in [5, 5.41) is 8.03. The van der Waals surface area contributed by atoms with E-state index in [4.69, 9.17) is 0 Å². The predicted octanol–water partition coefficient (Wildman–Crippen LogP) is 2.18. The van der Waals surface area contributed by atoms with Crippen molar-refractivity contribution in [2.45, 2.75) is 25.3 Å². The van der Waals surface area contributed by atoms with Gasteiger partial charge in [-0.2, -0.15) is 0 Å². The second kappa shape index (κ2) is 5.31. The van der Waals surface area contributed by atoms with Crippen LogP contribution in [0.15, 0.2) is 30.6 Å². The van der Waals surface area contributed by atoms with Gasteiger partial charge in [-0.25, -0.2) is 9.97 Å². The lowest BCUT2D eigenvalue weighted by molar-refractivity contribution is 0.574. The molecule has 1 atom stereocenters. The third kappa shape index (κ3) is 2.43. The predicted molar refractivity (Wildman–Crippen MR) is 73.7 cm³/mol. The number of fused-ring (bicyclic) bond motifs is 1. The molecule has 3 rings (SSSR count). The van der Waals surface area contributed by atoms with Crippen LogP contribution in [0.4, 0.5) is 5.82 Å². The summed E-state index contributed by atoms with van der Waals surface area (Å²) in [5.41, 5.74) is 0.994. The molecule has 0 radical (unpaired) electrons. The molecule has 0 saturated carbocycles. The maximum absolute atomic E-state index is 4.33. The average molecular weight is 242 g/mol. The lowest BCUT2D eigenvalue weighted by atomic mass is 10.1. The van der Waals surface area contributed by atoms with E-state index in [9.17, 15) is 0 Å². The summed E-state index contributed by atoms with van der Waals surface area (Å²) in [5.74, 6) is 0.943. The maximum atomic E-state index is 4.33. The van der Waals surface area contributed by atoms with Crippen molar-refractivity contribution in [3.8, 4) is 0 Å². The highest BCUT2D eigenvalue weighted by Crippen LogP contribution is 2.18. The molecule has 1 aliphatic rings. The quantitative estimate of drug-likeness (QED) is 0.863. The van der Waals surface area contributed by atoms with Crippen LogP contribution in [-0.4, -0.2) is 29.1 Å². The Morgan fingerprint density at radius 2 is 2.22 bits per heavy atom. The van der Waals surface area contributed by atoms with Gasteiger partial charge >= 0.3 is 0 Å². The zero-order valence-corrected chi connectivity index (χ0v) is 10.4. The molecular weight excluding hydrogens is 224 g/mol. The number of hydrogen-bond acceptors (Lipinski definition) is 4. The molecule has 4 nitrogen and oxygen atoms in total. The minimum Gasteiger partial charge on any atom is -0.369 e. The fraction of sp³-hybridized carbons (Fsp3) is 0.429. The van der Waals surface area contributed by atoms with Crippen LogP contribution in [0.2, 0.25) is 0 Å². The van der Waals surface area contributed by atoms with Crippen molar-refractivity contribution in [3.63, 3.8) is 0 Å². The smallest absolute Gasteiger partial charge is 0.137 e. The topological polar surface area (TPSA) is 49.8 Å². The molecule has 2 aromatic rings. The summed E-state index contributed by atoms with van der Waals surface area (Å²) in [4.78, 5) is 8.59. The van der Waals surface area contributed by atoms with E-state index in [1.165, 1.54) is 19.4 Å². The molecule has 0 amide bonds. The molecule has 1 fully saturated rings. The Morgan fingerprint density at radius 3 is 3.11 bits per heavy atom. The first-order valence-electron chi connectivity index (χ1n) is 6.60. The molecule has 1 unspecified atom stereocenters. The standard InChI is InChI=1S/C14H18N4/c1-2-6-13-12(5-1)14(18-10-17-13)16-9-7-11-4-3-8-15-11/h1-2,5-6,10-11,15H,3-4,7-9H2,(H,16,17,18). The molecule has 1 aliphatic heterocycles. The highest BCUT2D eigenvalue weighted by atomic mass is 15.0. The minimum atomic E-state index is 0.672. The second-order valence-electron chi connectivity index (χ2n) is 4.75. The zero-order valence-electron chi connectivity index (χ0n) is 10.4. The van der Waals surface area contributed by atoms with Crippen molar-refractivity contribution in [2.24, 2.45) is 0 Å². The lowest BCUT2D eigenvalue weighted by Crippen LogP contribution is -2.24. The summed E-state index contributed by atoms with van der Waals surface area (Å²) < 4.78 is 0. The van der Waals surface area contributed by atoms with Gasteiger partial charge in [-0.15, -0.1) is 0 Å². The van der Waals surface area contributed by atoms with Gasteiger partial charge in [0.15, 0.2) is 0 Å². The first kappa shape index (κ1) is 11.4. The largest absolute Gasteiger partial charge is 0.369 e. The molecule has 2 N–H and O–H groups in total. The van der Waals surface area contributed by atoms with E-state index >= 15 is 0 Å². The average Bonchev–Trinajstić information content (AvgIpc) is 2.92. The summed E-state index contributed by atoms with van der Waals surface area (Å²) >= 11 is 0. The Hall–Kier alpha value is -1.68. The summed E-state index contributed by atoms with van der Waals surface area (Å²) in [6.07, 6.45) is 5.38. The van der Waals surface area contributed by atoms with Crippen LogP contribution in [0.25, 0.3) is 10.9 Å². The van der Waals surface area contributed by atoms with Crippen LogP contribution in [0.5, 0.6) is 0 Å². The van der Waals surface area contributed by atoms with Gasteiger partial charge < -0.3 is 10.6 Å². The number of benzene rings is 1. The maximum Gasteiger partial charge on any atom is 0.137 e. The lowest BCUT2D eigenvalue weighted by Gasteiger charge is -2.12. The molecule has 18 heavy (non-hydrogen) atoms. The normalized spacial score (nSPS) is 19.2. The van der Waals surface area contributed by atoms with Crippen molar-refractivity contribution >= 4 is 16.7 Å². The summed E-state index contributed by atoms with van der Waals surface area (Å²) in [6.45, 7) is 2.12. The van der Waals surface area contributed by atoms with Gasteiger partial charge in [-0.3, -0.25) is 0 Å². The SMILES string of the molecule is c1ccc2c(NCCC3CCCN3)ncnc2c1. The minimum absolute atomic E-state index is 0.672. The van der Waals surface area contributed by atoms with Crippen molar-refractivity contribution in [3.05, 3.63) is 30.6 Å². The Bertz CT molecular complexity index is 515. The fourth-order valence-corrected chi connectivity index (χ4v) is 2.51. The van der Waals surface area contributed by atoms with E-state index in [0.29, 0.717) is 6.04 Å². The zero-order chi connectivity index (χ0) is 12.2. The molecule has 0 aliphatic carbocycles. The Morgan fingerprint density at radius 1 is 1.28 bits per heavy atom. The van der Waals surface area contributed by atoms with Gasteiger partial charge in [-0.1, -0.05) is 12.1 Å². The highest BCUT2D eigenvalue weighted by molar-refractivity contribution is 5.88. The Kier molecular flexibility index (Phi) is 3.37. The molecule has 1 saturated heterocycles. The van der Waals surface area contributed by atoms with Crippen LogP contribution in [-0.2, 0) is 0 Å².